The molecule has 2 aromatic carbocycles. The molecule has 6 nitrogen and oxygen atoms in total. The van der Waals surface area contributed by atoms with Crippen LogP contribution in [0, 0.1) is 0 Å². The molecule has 1 fully saturated rings. The average molecular weight is 470 g/mol. The highest BCUT2D eigenvalue weighted by atomic mass is 79.9. The van der Waals surface area contributed by atoms with Crippen LogP contribution in [-0.4, -0.2) is 29.1 Å². The predicted octanol–water partition coefficient (Wildman–Crippen LogP) is 3.83. The van der Waals surface area contributed by atoms with Crippen LogP contribution >= 0.6 is 15.9 Å². The number of aromatic nitrogens is 2. The molecule has 1 aliphatic heterocycles. The molecule has 1 aliphatic rings. The van der Waals surface area contributed by atoms with Crippen molar-refractivity contribution in [3.8, 4) is 0 Å². The Bertz CT molecular complexity index is 1110. The lowest BCUT2D eigenvalue weighted by Crippen LogP contribution is -2.49. The Labute approximate surface area is 183 Å². The summed E-state index contributed by atoms with van der Waals surface area (Å²) in [6, 6.07) is 15.4. The Morgan fingerprint density at radius 2 is 1.97 bits per heavy atom. The van der Waals surface area contributed by atoms with Gasteiger partial charge in [-0.2, -0.15) is 0 Å². The Morgan fingerprint density at radius 1 is 1.17 bits per heavy atom. The number of hydrogen-bond donors (Lipinski definition) is 2. The largest absolute Gasteiger partial charge is 0.381 e. The first-order valence-electron chi connectivity index (χ1n) is 10.2. The molecule has 0 spiro atoms. The molecule has 0 atom stereocenters. The summed E-state index contributed by atoms with van der Waals surface area (Å²) in [5.41, 5.74) is 1.22. The summed E-state index contributed by atoms with van der Waals surface area (Å²) in [5.74, 6) is 0.610. The molecular weight excluding hydrogens is 446 g/mol. The van der Waals surface area contributed by atoms with Gasteiger partial charge in [-0.3, -0.25) is 9.59 Å². The Balaban J connectivity index is 1.41. The molecule has 0 saturated carbocycles. The van der Waals surface area contributed by atoms with E-state index >= 15 is 0 Å². The zero-order valence-corrected chi connectivity index (χ0v) is 18.2. The number of nitrogens with zero attached hydrogens (tertiary/aromatic N) is 1. The Morgan fingerprint density at radius 3 is 2.77 bits per heavy atom. The molecule has 2 heterocycles. The normalized spacial score (nSPS) is 15.8. The highest BCUT2D eigenvalue weighted by molar-refractivity contribution is 9.10. The van der Waals surface area contributed by atoms with Crippen molar-refractivity contribution in [3.05, 3.63) is 74.7 Å². The summed E-state index contributed by atoms with van der Waals surface area (Å²) in [7, 11) is 0. The summed E-state index contributed by atoms with van der Waals surface area (Å²) in [5, 5.41) is 3.85. The van der Waals surface area contributed by atoms with E-state index in [-0.39, 0.29) is 11.5 Å². The predicted molar refractivity (Wildman–Crippen MR) is 119 cm³/mol. The summed E-state index contributed by atoms with van der Waals surface area (Å²) < 4.78 is 6.53. The van der Waals surface area contributed by atoms with E-state index in [9.17, 15) is 9.59 Å². The first-order chi connectivity index (χ1) is 14.6. The Hall–Kier alpha value is -2.51. The lowest BCUT2D eigenvalue weighted by molar-refractivity contribution is -0.124. The van der Waals surface area contributed by atoms with Crippen LogP contribution in [0.1, 0.15) is 37.1 Å². The molecule has 0 aliphatic carbocycles. The van der Waals surface area contributed by atoms with Crippen LogP contribution in [0.25, 0.3) is 10.9 Å². The van der Waals surface area contributed by atoms with Gasteiger partial charge in [-0.15, -0.1) is 0 Å². The topological polar surface area (TPSA) is 84.1 Å². The smallest absolute Gasteiger partial charge is 0.258 e. The van der Waals surface area contributed by atoms with Crippen LogP contribution in [-0.2, 0) is 21.5 Å². The van der Waals surface area contributed by atoms with Gasteiger partial charge in [-0.25, -0.2) is 4.98 Å². The quantitative estimate of drug-likeness (QED) is 0.574. The van der Waals surface area contributed by atoms with Crippen LogP contribution in [0.15, 0.2) is 57.8 Å². The van der Waals surface area contributed by atoms with E-state index < -0.39 is 5.54 Å². The van der Waals surface area contributed by atoms with Gasteiger partial charge in [-0.05, 0) is 49.1 Å². The molecule has 30 heavy (non-hydrogen) atoms. The van der Waals surface area contributed by atoms with Crippen LogP contribution in [0.2, 0.25) is 0 Å². The number of carbonyl (C=O) groups excluding carboxylic acids is 1. The van der Waals surface area contributed by atoms with Gasteiger partial charge in [-0.1, -0.05) is 40.2 Å². The van der Waals surface area contributed by atoms with Crippen molar-refractivity contribution < 1.29 is 9.53 Å². The molecular formula is C23H24BrN3O3. The minimum absolute atomic E-state index is 0.0000108. The third kappa shape index (κ3) is 4.63. The van der Waals surface area contributed by atoms with Crippen molar-refractivity contribution in [1.82, 2.24) is 15.3 Å². The zero-order chi connectivity index (χ0) is 21.0. The zero-order valence-electron chi connectivity index (χ0n) is 16.6. The fraction of sp³-hybridized carbons (Fsp3) is 0.348. The SMILES string of the molecule is O=C(CCCc1nc2ccccc2c(=O)[nH]1)NC1(c2cccc(Br)c2)CCOCC1. The second-order valence-electron chi connectivity index (χ2n) is 7.64. The van der Waals surface area contributed by atoms with Gasteiger partial charge < -0.3 is 15.0 Å². The van der Waals surface area contributed by atoms with Gasteiger partial charge in [0.05, 0.1) is 16.4 Å². The number of hydrogen-bond acceptors (Lipinski definition) is 4. The van der Waals surface area contributed by atoms with Crippen molar-refractivity contribution in [2.24, 2.45) is 0 Å². The van der Waals surface area contributed by atoms with Crippen LogP contribution in [0.3, 0.4) is 0 Å². The number of carbonyl (C=O) groups is 1. The number of halogens is 1. The highest BCUT2D eigenvalue weighted by Gasteiger charge is 2.35. The standard InChI is InChI=1S/C23H24BrN3O3/c24-17-6-3-5-16(15-17)23(11-13-30-14-12-23)27-21(28)10-4-9-20-25-19-8-2-1-7-18(19)22(29)26-20/h1-3,5-8,15H,4,9-14H2,(H,27,28)(H,25,26,29). The minimum atomic E-state index is -0.408. The molecule has 156 valence electrons. The van der Waals surface area contributed by atoms with E-state index in [0.717, 1.165) is 22.9 Å². The molecule has 2 N–H and O–H groups in total. The van der Waals surface area contributed by atoms with Gasteiger partial charge in [0.25, 0.3) is 5.56 Å². The van der Waals surface area contributed by atoms with E-state index in [1.807, 2.05) is 30.3 Å². The number of para-hydroxylation sites is 1. The minimum Gasteiger partial charge on any atom is -0.381 e. The maximum absolute atomic E-state index is 12.8. The van der Waals surface area contributed by atoms with E-state index in [0.29, 0.717) is 49.2 Å². The van der Waals surface area contributed by atoms with Crippen molar-refractivity contribution in [2.75, 3.05) is 13.2 Å². The number of aryl methyl sites for hydroxylation is 1. The number of fused-ring (bicyclic) bond motifs is 1. The van der Waals surface area contributed by atoms with Crippen molar-refractivity contribution in [3.63, 3.8) is 0 Å². The molecule has 4 rings (SSSR count). The first-order valence-corrected chi connectivity index (χ1v) is 11.0. The number of H-pyrrole nitrogens is 1. The second-order valence-corrected chi connectivity index (χ2v) is 8.55. The summed E-state index contributed by atoms with van der Waals surface area (Å²) in [6.07, 6.45) is 3.01. The van der Waals surface area contributed by atoms with Crippen LogP contribution in [0.5, 0.6) is 0 Å². The van der Waals surface area contributed by atoms with Crippen molar-refractivity contribution in [1.29, 1.82) is 0 Å². The van der Waals surface area contributed by atoms with E-state index in [1.165, 1.54) is 0 Å². The van der Waals surface area contributed by atoms with E-state index in [4.69, 9.17) is 4.74 Å². The van der Waals surface area contributed by atoms with Crippen LogP contribution < -0.4 is 10.9 Å². The van der Waals surface area contributed by atoms with E-state index in [1.54, 1.807) is 6.07 Å². The fourth-order valence-electron chi connectivity index (χ4n) is 3.99. The maximum atomic E-state index is 12.8. The van der Waals surface area contributed by atoms with Gasteiger partial charge in [0.15, 0.2) is 0 Å². The monoisotopic (exact) mass is 469 g/mol. The molecule has 0 unspecified atom stereocenters. The molecule has 7 heteroatoms. The Kier molecular flexibility index (Phi) is 6.29. The summed E-state index contributed by atoms with van der Waals surface area (Å²) in [6.45, 7) is 1.24. The molecule has 1 amide bonds. The number of aromatic amines is 1. The van der Waals surface area contributed by atoms with E-state index in [2.05, 4.69) is 43.3 Å². The molecule has 0 bridgehead atoms. The van der Waals surface area contributed by atoms with Crippen molar-refractivity contribution in [2.45, 2.75) is 37.6 Å². The van der Waals surface area contributed by atoms with Gasteiger partial charge >= 0.3 is 0 Å². The van der Waals surface area contributed by atoms with Gasteiger partial charge in [0.2, 0.25) is 5.91 Å². The van der Waals surface area contributed by atoms with Crippen molar-refractivity contribution >= 4 is 32.7 Å². The lowest BCUT2D eigenvalue weighted by atomic mass is 9.82. The first kappa shape index (κ1) is 20.8. The molecule has 3 aromatic rings. The molecule has 1 aromatic heterocycles. The fourth-order valence-corrected chi connectivity index (χ4v) is 4.39. The molecule has 1 saturated heterocycles. The lowest BCUT2D eigenvalue weighted by Gasteiger charge is -2.38. The third-order valence-electron chi connectivity index (χ3n) is 5.58. The summed E-state index contributed by atoms with van der Waals surface area (Å²) >= 11 is 3.53. The number of benzene rings is 2. The van der Waals surface area contributed by atoms with Gasteiger partial charge in [0.1, 0.15) is 5.82 Å². The maximum Gasteiger partial charge on any atom is 0.258 e. The second kappa shape index (κ2) is 9.10. The number of nitrogens with one attached hydrogen (secondary N) is 2. The summed E-state index contributed by atoms with van der Waals surface area (Å²) in [4.78, 5) is 32.3. The van der Waals surface area contributed by atoms with Gasteiger partial charge in [0, 0.05) is 30.5 Å². The number of amides is 1. The average Bonchev–Trinajstić information content (AvgIpc) is 2.74. The highest BCUT2D eigenvalue weighted by Crippen LogP contribution is 2.33. The number of ether oxygens (including phenoxy) is 1. The number of rotatable bonds is 6. The molecule has 0 radical (unpaired) electrons. The third-order valence-corrected chi connectivity index (χ3v) is 6.07. The van der Waals surface area contributed by atoms with Crippen LogP contribution in [0.4, 0.5) is 0 Å².